The highest BCUT2D eigenvalue weighted by Crippen LogP contribution is 2.17. The van der Waals surface area contributed by atoms with E-state index in [0.29, 0.717) is 0 Å². The molecule has 0 aliphatic heterocycles. The minimum atomic E-state index is -1.95. The Kier molecular flexibility index (Phi) is 5.43. The molecule has 15 heavy (non-hydrogen) atoms. The van der Waals surface area contributed by atoms with Crippen molar-refractivity contribution in [3.63, 3.8) is 0 Å². The lowest BCUT2D eigenvalue weighted by Gasteiger charge is -2.16. The van der Waals surface area contributed by atoms with Crippen molar-refractivity contribution in [2.45, 2.75) is 12.5 Å². The molecule has 0 aromatic heterocycles. The molecule has 0 heterocycles. The highest BCUT2D eigenvalue weighted by atomic mass is 127. The lowest BCUT2D eigenvalue weighted by molar-refractivity contribution is -0.156. The Morgan fingerprint density at radius 1 is 1.13 bits per heavy atom. The van der Waals surface area contributed by atoms with E-state index in [1.165, 1.54) is 0 Å². The topological polar surface area (TPSA) is 115 Å². The van der Waals surface area contributed by atoms with Crippen molar-refractivity contribution in [3.05, 3.63) is 0 Å². The number of halogens is 2. The zero-order valence-electron chi connectivity index (χ0n) is 7.13. The number of carboxylic acids is 3. The second-order valence-electron chi connectivity index (χ2n) is 2.58. The summed E-state index contributed by atoms with van der Waals surface area (Å²) in [6, 6.07) is -1.80. The third-order valence-corrected chi connectivity index (χ3v) is 2.25. The average Bonchev–Trinajstić information content (AvgIpc) is 2.01. The Balaban J connectivity index is 4.69. The molecule has 0 spiro atoms. The molecule has 0 saturated carbocycles. The summed E-state index contributed by atoms with van der Waals surface area (Å²) < 4.78 is 12.3. The fraction of sp³-hybridized carbons (Fsp3) is 0.500. The molecule has 0 saturated heterocycles. The molecule has 7 nitrogen and oxygen atoms in total. The van der Waals surface area contributed by atoms with Crippen LogP contribution in [0.2, 0.25) is 0 Å². The Hall–Kier alpha value is -0.970. The predicted molar refractivity (Wildman–Crippen MR) is 51.8 cm³/mol. The van der Waals surface area contributed by atoms with Crippen molar-refractivity contribution in [1.29, 1.82) is 0 Å². The second-order valence-corrected chi connectivity index (χ2v) is 3.50. The van der Waals surface area contributed by atoms with Crippen molar-refractivity contribution >= 4 is 40.8 Å². The molecular weight excluding hydrogens is 328 g/mol. The van der Waals surface area contributed by atoms with E-state index in [2.05, 4.69) is 0 Å². The number of aliphatic carboxylic acids is 3. The Labute approximate surface area is 96.9 Å². The van der Waals surface area contributed by atoms with E-state index in [0.717, 1.165) is 22.9 Å². The zero-order chi connectivity index (χ0) is 12.2. The molecule has 0 aromatic carbocycles. The summed E-state index contributed by atoms with van der Waals surface area (Å²) in [5.74, 6) is -6.97. The van der Waals surface area contributed by atoms with Crippen LogP contribution >= 0.6 is 22.9 Å². The zero-order valence-corrected chi connectivity index (χ0v) is 9.29. The van der Waals surface area contributed by atoms with E-state index in [1.807, 2.05) is 0 Å². The van der Waals surface area contributed by atoms with Gasteiger partial charge in [0.15, 0.2) is 5.92 Å². The fourth-order valence-corrected chi connectivity index (χ4v) is 1.26. The van der Waals surface area contributed by atoms with Gasteiger partial charge in [0.1, 0.15) is 6.04 Å². The van der Waals surface area contributed by atoms with Gasteiger partial charge in [0, 0.05) is 6.42 Å². The molecule has 0 unspecified atom stereocenters. The number of nitrogens with zero attached hydrogens (tertiary/aromatic N) is 1. The summed E-state index contributed by atoms with van der Waals surface area (Å²) >= 11 is 1.000. The van der Waals surface area contributed by atoms with Crippen LogP contribution in [0.15, 0.2) is 0 Å². The first-order valence-electron chi connectivity index (χ1n) is 3.56. The summed E-state index contributed by atoms with van der Waals surface area (Å²) in [6.07, 6.45) is -0.848. The maximum absolute atomic E-state index is 12.6. The molecule has 0 bridgehead atoms. The molecule has 0 amide bonds. The molecule has 0 aromatic rings. The van der Waals surface area contributed by atoms with Crippen LogP contribution in [-0.4, -0.2) is 42.6 Å². The number of hydrogen-bond acceptors (Lipinski definition) is 4. The van der Waals surface area contributed by atoms with Crippen molar-refractivity contribution in [3.8, 4) is 0 Å². The van der Waals surface area contributed by atoms with Gasteiger partial charge in [0.25, 0.3) is 0 Å². The van der Waals surface area contributed by atoms with Gasteiger partial charge < -0.3 is 15.3 Å². The smallest absolute Gasteiger partial charge is 0.324 e. The summed E-state index contributed by atoms with van der Waals surface area (Å²) in [4.78, 5) is 31.3. The van der Waals surface area contributed by atoms with Crippen LogP contribution in [-0.2, 0) is 14.4 Å². The van der Waals surface area contributed by atoms with Crippen molar-refractivity contribution < 1.29 is 34.2 Å². The normalized spacial score (nSPS) is 12.8. The maximum Gasteiger partial charge on any atom is 0.324 e. The average molecular weight is 335 g/mol. The number of hydrogen-bond donors (Lipinski definition) is 3. The van der Waals surface area contributed by atoms with Gasteiger partial charge in [-0.25, -0.2) is 0 Å². The molecule has 9 heteroatoms. The molecule has 1 atom stereocenters. The summed E-state index contributed by atoms with van der Waals surface area (Å²) in [5.41, 5.74) is 0. The van der Waals surface area contributed by atoms with Gasteiger partial charge in [-0.3, -0.25) is 14.4 Å². The molecule has 0 aliphatic carbocycles. The van der Waals surface area contributed by atoms with Gasteiger partial charge in [-0.1, -0.05) is 3.34 Å². The molecule has 3 N–H and O–H groups in total. The quantitative estimate of drug-likeness (QED) is 0.360. The van der Waals surface area contributed by atoms with Gasteiger partial charge in [-0.15, -0.1) is 4.48 Å². The molecule has 86 valence electrons. The predicted octanol–water partition coefficient (Wildman–Crippen LogP) is 0.152. The first kappa shape index (κ1) is 14.0. The van der Waals surface area contributed by atoms with Gasteiger partial charge in [0.2, 0.25) is 0 Å². The van der Waals surface area contributed by atoms with Crippen LogP contribution in [0.4, 0.5) is 4.48 Å². The molecule has 0 aliphatic rings. The van der Waals surface area contributed by atoms with E-state index in [-0.39, 0.29) is 3.34 Å². The Morgan fingerprint density at radius 2 is 1.53 bits per heavy atom. The van der Waals surface area contributed by atoms with Crippen LogP contribution in [0.3, 0.4) is 0 Å². The minimum Gasteiger partial charge on any atom is -0.481 e. The Morgan fingerprint density at radius 3 is 1.73 bits per heavy atom. The second kappa shape index (κ2) is 5.80. The van der Waals surface area contributed by atoms with E-state index in [1.54, 1.807) is 0 Å². The number of carbonyl (C=O) groups is 3. The first-order valence-corrected chi connectivity index (χ1v) is 4.53. The van der Waals surface area contributed by atoms with E-state index >= 15 is 0 Å². The molecule has 0 fully saturated rings. The molecule has 0 radical (unpaired) electrons. The van der Waals surface area contributed by atoms with Crippen LogP contribution in [0.1, 0.15) is 6.42 Å². The standard InChI is InChI=1S/C6H7FINO6/c7-9(8)3(6(14)15)1-2(4(10)11)5(12)13/h2-3H,1H2,(H,10,11)(H,12,13)(H,14,15)/t3-/m0/s1. The van der Waals surface area contributed by atoms with Gasteiger partial charge in [-0.2, -0.15) is 0 Å². The van der Waals surface area contributed by atoms with Crippen molar-refractivity contribution in [2.24, 2.45) is 5.92 Å². The van der Waals surface area contributed by atoms with E-state index < -0.39 is 36.3 Å². The lowest BCUT2D eigenvalue weighted by atomic mass is 10.0. The third kappa shape index (κ3) is 4.38. The third-order valence-electron chi connectivity index (χ3n) is 1.58. The number of carboxylic acid groups (broad SMARTS) is 3. The minimum absolute atomic E-state index is 0.265. The largest absolute Gasteiger partial charge is 0.481 e. The van der Waals surface area contributed by atoms with Gasteiger partial charge >= 0.3 is 17.9 Å². The van der Waals surface area contributed by atoms with Gasteiger partial charge in [0.05, 0.1) is 22.9 Å². The first-order chi connectivity index (χ1) is 6.77. The lowest BCUT2D eigenvalue weighted by Crippen LogP contribution is -2.36. The number of rotatable bonds is 6. The Bertz CT molecular complexity index is 269. The summed E-state index contributed by atoms with van der Waals surface area (Å²) in [5, 5.41) is 25.4. The molecular formula is C6H7FINO6. The molecule has 0 rings (SSSR count). The van der Waals surface area contributed by atoms with Gasteiger partial charge in [-0.05, 0) is 0 Å². The van der Waals surface area contributed by atoms with Crippen LogP contribution in [0.5, 0.6) is 0 Å². The SMILES string of the molecule is O=C(O)C(C[C@@H](C(=O)O)N(F)I)C(=O)O. The van der Waals surface area contributed by atoms with Crippen molar-refractivity contribution in [2.75, 3.05) is 0 Å². The monoisotopic (exact) mass is 335 g/mol. The van der Waals surface area contributed by atoms with Crippen molar-refractivity contribution in [1.82, 2.24) is 3.34 Å². The summed E-state index contributed by atoms with van der Waals surface area (Å²) in [6.45, 7) is 0. The maximum atomic E-state index is 12.6. The van der Waals surface area contributed by atoms with Crippen LogP contribution < -0.4 is 0 Å². The highest BCUT2D eigenvalue weighted by Gasteiger charge is 2.35. The van der Waals surface area contributed by atoms with E-state index in [4.69, 9.17) is 15.3 Å². The highest BCUT2D eigenvalue weighted by molar-refractivity contribution is 14.1. The summed E-state index contributed by atoms with van der Waals surface area (Å²) in [7, 11) is 0. The van der Waals surface area contributed by atoms with Crippen LogP contribution in [0, 0.1) is 5.92 Å². The van der Waals surface area contributed by atoms with E-state index in [9.17, 15) is 18.9 Å². The van der Waals surface area contributed by atoms with Crippen LogP contribution in [0.25, 0.3) is 0 Å². The fourth-order valence-electron chi connectivity index (χ4n) is 0.795.